The fourth-order valence-corrected chi connectivity index (χ4v) is 2.57. The summed E-state index contributed by atoms with van der Waals surface area (Å²) in [4.78, 5) is 16.5. The van der Waals surface area contributed by atoms with Crippen molar-refractivity contribution in [2.45, 2.75) is 13.0 Å². The maximum atomic E-state index is 12.4. The molecule has 0 unspecified atom stereocenters. The van der Waals surface area contributed by atoms with Crippen molar-refractivity contribution in [2.75, 3.05) is 32.7 Å². The first-order chi connectivity index (χ1) is 10.1. The van der Waals surface area contributed by atoms with Crippen molar-refractivity contribution in [1.82, 2.24) is 9.80 Å². The van der Waals surface area contributed by atoms with Gasteiger partial charge in [0.25, 0.3) is 5.91 Å². The van der Waals surface area contributed by atoms with Gasteiger partial charge in [0.2, 0.25) is 0 Å². The summed E-state index contributed by atoms with van der Waals surface area (Å²) in [6.07, 6.45) is 1.39. The molecule has 0 aromatic heterocycles. The van der Waals surface area contributed by atoms with Gasteiger partial charge in [-0.3, -0.25) is 9.69 Å². The smallest absolute Gasteiger partial charge is 0.263 e. The second-order valence-electron chi connectivity index (χ2n) is 5.13. The van der Waals surface area contributed by atoms with E-state index in [2.05, 4.69) is 11.5 Å². The summed E-state index contributed by atoms with van der Waals surface area (Å²) in [7, 11) is 0. The number of piperazine rings is 1. The zero-order chi connectivity index (χ0) is 15.2. The molecule has 1 heterocycles. The fourth-order valence-electron chi connectivity index (χ4n) is 2.39. The largest absolute Gasteiger partial charge is 0.481 e. The average Bonchev–Trinajstić information content (AvgIpc) is 2.47. The lowest BCUT2D eigenvalue weighted by Crippen LogP contribution is -2.51. The Labute approximate surface area is 130 Å². The maximum absolute atomic E-state index is 12.4. The summed E-state index contributed by atoms with van der Waals surface area (Å²) in [6, 6.07) is 7.10. The van der Waals surface area contributed by atoms with Gasteiger partial charge in [-0.05, 0) is 25.1 Å². The third-order valence-corrected chi connectivity index (χ3v) is 3.76. The Morgan fingerprint density at radius 3 is 2.76 bits per heavy atom. The molecule has 1 aliphatic rings. The highest BCUT2D eigenvalue weighted by molar-refractivity contribution is 6.30. The molecule has 0 N–H and O–H groups in total. The molecule has 0 spiro atoms. The van der Waals surface area contributed by atoms with Gasteiger partial charge in [0.1, 0.15) is 5.75 Å². The van der Waals surface area contributed by atoms with Gasteiger partial charge in [-0.25, -0.2) is 0 Å². The molecular formula is C16H21ClN2O2. The molecule has 1 aromatic rings. The van der Waals surface area contributed by atoms with E-state index in [4.69, 9.17) is 16.3 Å². The number of ether oxygens (including phenoxy) is 1. The Morgan fingerprint density at radius 1 is 1.43 bits per heavy atom. The summed E-state index contributed by atoms with van der Waals surface area (Å²) in [5, 5.41) is 0.602. The van der Waals surface area contributed by atoms with Crippen molar-refractivity contribution in [1.29, 1.82) is 0 Å². The first kappa shape index (κ1) is 15.9. The summed E-state index contributed by atoms with van der Waals surface area (Å²) in [5.74, 6) is 0.641. The van der Waals surface area contributed by atoms with Gasteiger partial charge in [-0.15, -0.1) is 6.58 Å². The van der Waals surface area contributed by atoms with Gasteiger partial charge in [-0.2, -0.15) is 0 Å². The van der Waals surface area contributed by atoms with Crippen molar-refractivity contribution in [3.8, 4) is 5.75 Å². The van der Waals surface area contributed by atoms with Gasteiger partial charge in [-0.1, -0.05) is 23.7 Å². The van der Waals surface area contributed by atoms with E-state index in [9.17, 15) is 4.79 Å². The quantitative estimate of drug-likeness (QED) is 0.783. The zero-order valence-corrected chi connectivity index (χ0v) is 13.1. The van der Waals surface area contributed by atoms with Crippen LogP contribution in [0, 0.1) is 0 Å². The molecule has 1 aliphatic heterocycles. The molecule has 1 amide bonds. The van der Waals surface area contributed by atoms with Crippen LogP contribution >= 0.6 is 11.6 Å². The Bertz CT molecular complexity index is 499. The third-order valence-electron chi connectivity index (χ3n) is 3.53. The van der Waals surface area contributed by atoms with Crippen molar-refractivity contribution >= 4 is 17.5 Å². The molecule has 0 aliphatic carbocycles. The van der Waals surface area contributed by atoms with E-state index in [0.29, 0.717) is 10.8 Å². The molecule has 114 valence electrons. The Morgan fingerprint density at radius 2 is 2.14 bits per heavy atom. The van der Waals surface area contributed by atoms with Crippen LogP contribution in [0.25, 0.3) is 0 Å². The molecule has 1 atom stereocenters. The van der Waals surface area contributed by atoms with E-state index in [-0.39, 0.29) is 5.91 Å². The number of hydrogen-bond donors (Lipinski definition) is 0. The van der Waals surface area contributed by atoms with Crippen LogP contribution in [0.15, 0.2) is 36.9 Å². The summed E-state index contributed by atoms with van der Waals surface area (Å²) >= 11 is 5.91. The molecule has 4 nitrogen and oxygen atoms in total. The minimum absolute atomic E-state index is 0.0215. The van der Waals surface area contributed by atoms with E-state index in [1.807, 2.05) is 17.0 Å². The number of rotatable bonds is 5. The van der Waals surface area contributed by atoms with Crippen LogP contribution in [-0.2, 0) is 4.79 Å². The van der Waals surface area contributed by atoms with Gasteiger partial charge in [0.15, 0.2) is 6.10 Å². The highest BCUT2D eigenvalue weighted by Crippen LogP contribution is 2.19. The average molecular weight is 309 g/mol. The highest BCUT2D eigenvalue weighted by atomic mass is 35.5. The fraction of sp³-hybridized carbons (Fsp3) is 0.438. The maximum Gasteiger partial charge on any atom is 0.263 e. The van der Waals surface area contributed by atoms with Crippen molar-refractivity contribution in [3.63, 3.8) is 0 Å². The van der Waals surface area contributed by atoms with Crippen molar-refractivity contribution < 1.29 is 9.53 Å². The number of carbonyl (C=O) groups is 1. The lowest BCUT2D eigenvalue weighted by Gasteiger charge is -2.35. The third kappa shape index (κ3) is 4.48. The molecule has 0 saturated carbocycles. The van der Waals surface area contributed by atoms with Gasteiger partial charge in [0, 0.05) is 37.7 Å². The second kappa shape index (κ2) is 7.48. The van der Waals surface area contributed by atoms with E-state index in [1.165, 1.54) is 0 Å². The number of carbonyl (C=O) groups excluding carboxylic acids is 1. The first-order valence-electron chi connectivity index (χ1n) is 7.14. The van der Waals surface area contributed by atoms with Crippen LogP contribution in [0.2, 0.25) is 5.02 Å². The van der Waals surface area contributed by atoms with Crippen LogP contribution in [0.3, 0.4) is 0 Å². The Balaban J connectivity index is 1.87. The molecule has 1 fully saturated rings. The monoisotopic (exact) mass is 308 g/mol. The van der Waals surface area contributed by atoms with Crippen molar-refractivity contribution in [3.05, 3.63) is 41.9 Å². The van der Waals surface area contributed by atoms with Crippen LogP contribution in [-0.4, -0.2) is 54.5 Å². The SMILES string of the molecule is C=CCN1CCN(C(=O)[C@H](C)Oc2cccc(Cl)c2)CC1. The molecule has 1 aromatic carbocycles. The zero-order valence-electron chi connectivity index (χ0n) is 12.3. The van der Waals surface area contributed by atoms with Crippen LogP contribution in [0.4, 0.5) is 0 Å². The number of benzene rings is 1. The normalized spacial score (nSPS) is 17.3. The molecule has 5 heteroatoms. The minimum atomic E-state index is -0.505. The number of hydrogen-bond acceptors (Lipinski definition) is 3. The number of nitrogens with zero attached hydrogens (tertiary/aromatic N) is 2. The van der Waals surface area contributed by atoms with Gasteiger partial charge >= 0.3 is 0 Å². The summed E-state index contributed by atoms with van der Waals surface area (Å²) < 4.78 is 5.68. The summed E-state index contributed by atoms with van der Waals surface area (Å²) in [5.41, 5.74) is 0. The molecule has 21 heavy (non-hydrogen) atoms. The Kier molecular flexibility index (Phi) is 5.65. The predicted molar refractivity (Wildman–Crippen MR) is 84.8 cm³/mol. The molecule has 1 saturated heterocycles. The molecule has 0 bridgehead atoms. The molecular weight excluding hydrogens is 288 g/mol. The standard InChI is InChI=1S/C16H21ClN2O2/c1-3-7-18-8-10-19(11-9-18)16(20)13(2)21-15-6-4-5-14(17)12-15/h3-6,12-13H,1,7-11H2,2H3/t13-/m0/s1. The minimum Gasteiger partial charge on any atom is -0.481 e. The Hall–Kier alpha value is -1.52. The van der Waals surface area contributed by atoms with Crippen LogP contribution in [0.1, 0.15) is 6.92 Å². The van der Waals surface area contributed by atoms with Crippen LogP contribution in [0.5, 0.6) is 5.75 Å². The van der Waals surface area contributed by atoms with Crippen LogP contribution < -0.4 is 4.74 Å². The van der Waals surface area contributed by atoms with E-state index in [0.717, 1.165) is 32.7 Å². The predicted octanol–water partition coefficient (Wildman–Crippen LogP) is 2.44. The second-order valence-corrected chi connectivity index (χ2v) is 5.57. The van der Waals surface area contributed by atoms with Crippen molar-refractivity contribution in [2.24, 2.45) is 0 Å². The lowest BCUT2D eigenvalue weighted by molar-refractivity contribution is -0.139. The van der Waals surface area contributed by atoms with Gasteiger partial charge in [0.05, 0.1) is 0 Å². The van der Waals surface area contributed by atoms with Gasteiger partial charge < -0.3 is 9.64 Å². The topological polar surface area (TPSA) is 32.8 Å². The lowest BCUT2D eigenvalue weighted by atomic mass is 10.2. The number of amides is 1. The molecule has 2 rings (SSSR count). The van der Waals surface area contributed by atoms with E-state index >= 15 is 0 Å². The highest BCUT2D eigenvalue weighted by Gasteiger charge is 2.25. The first-order valence-corrected chi connectivity index (χ1v) is 7.52. The van der Waals surface area contributed by atoms with E-state index < -0.39 is 6.10 Å². The number of halogens is 1. The molecule has 0 radical (unpaired) electrons. The van der Waals surface area contributed by atoms with E-state index in [1.54, 1.807) is 25.1 Å². The summed E-state index contributed by atoms with van der Waals surface area (Å²) in [6.45, 7) is 9.60.